The van der Waals surface area contributed by atoms with E-state index in [1.54, 1.807) is 6.08 Å². The van der Waals surface area contributed by atoms with Gasteiger partial charge in [0.05, 0.1) is 0 Å². The molecule has 0 radical (unpaired) electrons. The van der Waals surface area contributed by atoms with Crippen molar-refractivity contribution in [2.45, 2.75) is 32.2 Å². The van der Waals surface area contributed by atoms with E-state index >= 15 is 0 Å². The minimum Gasteiger partial charge on any atom is -0.353 e. The van der Waals surface area contributed by atoms with Crippen LogP contribution in [0.15, 0.2) is 12.7 Å². The lowest BCUT2D eigenvalue weighted by Crippen LogP contribution is -2.44. The normalized spacial score (nSPS) is 19.2. The SMILES string of the molecule is C=CCC(=O)NC1CCN(CC)CC1. The molecular formula is C11H20N2O. The van der Waals surface area contributed by atoms with Gasteiger partial charge < -0.3 is 10.2 Å². The summed E-state index contributed by atoms with van der Waals surface area (Å²) in [5.41, 5.74) is 0. The van der Waals surface area contributed by atoms with Gasteiger partial charge in [-0.1, -0.05) is 13.0 Å². The van der Waals surface area contributed by atoms with Gasteiger partial charge in [-0.25, -0.2) is 0 Å². The zero-order chi connectivity index (χ0) is 10.4. The summed E-state index contributed by atoms with van der Waals surface area (Å²) in [7, 11) is 0. The quantitative estimate of drug-likeness (QED) is 0.684. The second-order valence-corrected chi connectivity index (χ2v) is 3.77. The van der Waals surface area contributed by atoms with Crippen molar-refractivity contribution in [1.29, 1.82) is 0 Å². The molecule has 80 valence electrons. The van der Waals surface area contributed by atoms with E-state index in [-0.39, 0.29) is 5.91 Å². The largest absolute Gasteiger partial charge is 0.353 e. The van der Waals surface area contributed by atoms with Gasteiger partial charge in [0, 0.05) is 25.6 Å². The van der Waals surface area contributed by atoms with Gasteiger partial charge in [-0.05, 0) is 19.4 Å². The van der Waals surface area contributed by atoms with Crippen molar-refractivity contribution in [2.75, 3.05) is 19.6 Å². The fourth-order valence-electron chi connectivity index (χ4n) is 1.81. The fourth-order valence-corrected chi connectivity index (χ4v) is 1.81. The maximum atomic E-state index is 11.3. The van der Waals surface area contributed by atoms with Crippen molar-refractivity contribution in [3.63, 3.8) is 0 Å². The number of nitrogens with one attached hydrogen (secondary N) is 1. The van der Waals surface area contributed by atoms with E-state index in [0.717, 1.165) is 32.5 Å². The lowest BCUT2D eigenvalue weighted by Gasteiger charge is -2.31. The Labute approximate surface area is 86.2 Å². The number of nitrogens with zero attached hydrogens (tertiary/aromatic N) is 1. The lowest BCUT2D eigenvalue weighted by atomic mass is 10.1. The van der Waals surface area contributed by atoms with Crippen LogP contribution in [-0.2, 0) is 4.79 Å². The molecule has 14 heavy (non-hydrogen) atoms. The van der Waals surface area contributed by atoms with Gasteiger partial charge in [-0.2, -0.15) is 0 Å². The molecule has 0 bridgehead atoms. The highest BCUT2D eigenvalue weighted by Crippen LogP contribution is 2.09. The molecule has 0 aromatic heterocycles. The molecule has 1 fully saturated rings. The van der Waals surface area contributed by atoms with E-state index < -0.39 is 0 Å². The van der Waals surface area contributed by atoms with Gasteiger partial charge in [-0.3, -0.25) is 4.79 Å². The zero-order valence-electron chi connectivity index (χ0n) is 8.96. The van der Waals surface area contributed by atoms with Crippen LogP contribution >= 0.6 is 0 Å². The number of hydrogen-bond donors (Lipinski definition) is 1. The number of hydrogen-bond acceptors (Lipinski definition) is 2. The number of amides is 1. The summed E-state index contributed by atoms with van der Waals surface area (Å²) < 4.78 is 0. The summed E-state index contributed by atoms with van der Waals surface area (Å²) in [6, 6.07) is 0.380. The number of rotatable bonds is 4. The van der Waals surface area contributed by atoms with Gasteiger partial charge in [0.15, 0.2) is 0 Å². The van der Waals surface area contributed by atoms with Crippen LogP contribution < -0.4 is 5.32 Å². The predicted octanol–water partition coefficient (Wildman–Crippen LogP) is 1.16. The van der Waals surface area contributed by atoms with Crippen LogP contribution in [0.3, 0.4) is 0 Å². The summed E-state index contributed by atoms with van der Waals surface area (Å²) in [6.45, 7) is 9.06. The molecule has 1 saturated heterocycles. The first kappa shape index (κ1) is 11.2. The van der Waals surface area contributed by atoms with Crippen LogP contribution in [0.5, 0.6) is 0 Å². The van der Waals surface area contributed by atoms with Gasteiger partial charge in [0.2, 0.25) is 5.91 Å². The zero-order valence-corrected chi connectivity index (χ0v) is 8.96. The molecule has 0 spiro atoms. The summed E-state index contributed by atoms with van der Waals surface area (Å²) in [4.78, 5) is 13.7. The van der Waals surface area contributed by atoms with Gasteiger partial charge in [0.25, 0.3) is 0 Å². The molecule has 0 atom stereocenters. The Kier molecular flexibility index (Phi) is 4.66. The van der Waals surface area contributed by atoms with Crippen molar-refractivity contribution in [3.8, 4) is 0 Å². The van der Waals surface area contributed by atoms with Crippen molar-refractivity contribution < 1.29 is 4.79 Å². The Morgan fingerprint density at radius 1 is 1.57 bits per heavy atom. The smallest absolute Gasteiger partial charge is 0.224 e. The highest BCUT2D eigenvalue weighted by Gasteiger charge is 2.18. The third-order valence-corrected chi connectivity index (χ3v) is 2.73. The molecule has 0 aromatic carbocycles. The van der Waals surface area contributed by atoms with E-state index in [1.807, 2.05) is 0 Å². The second kappa shape index (κ2) is 5.81. The third-order valence-electron chi connectivity index (χ3n) is 2.73. The van der Waals surface area contributed by atoms with Crippen molar-refractivity contribution in [2.24, 2.45) is 0 Å². The van der Waals surface area contributed by atoms with Crippen LogP contribution in [0, 0.1) is 0 Å². The fraction of sp³-hybridized carbons (Fsp3) is 0.727. The lowest BCUT2D eigenvalue weighted by molar-refractivity contribution is -0.121. The van der Waals surface area contributed by atoms with Crippen LogP contribution in [0.2, 0.25) is 0 Å². The number of piperidine rings is 1. The molecule has 1 N–H and O–H groups in total. The average Bonchev–Trinajstić information content (AvgIpc) is 2.19. The Morgan fingerprint density at radius 3 is 2.71 bits per heavy atom. The molecule has 3 nitrogen and oxygen atoms in total. The van der Waals surface area contributed by atoms with Crippen molar-refractivity contribution in [1.82, 2.24) is 10.2 Å². The maximum absolute atomic E-state index is 11.3. The Hall–Kier alpha value is -0.830. The average molecular weight is 196 g/mol. The summed E-state index contributed by atoms with van der Waals surface area (Å²) >= 11 is 0. The number of likely N-dealkylation sites (tertiary alicyclic amines) is 1. The minimum atomic E-state index is 0.106. The standard InChI is InChI=1S/C11H20N2O/c1-3-5-11(14)12-10-6-8-13(4-2)9-7-10/h3,10H,1,4-9H2,2H3,(H,12,14). The number of carbonyl (C=O) groups excluding carboxylic acids is 1. The van der Waals surface area contributed by atoms with Crippen LogP contribution in [0.1, 0.15) is 26.2 Å². The van der Waals surface area contributed by atoms with E-state index in [2.05, 4.69) is 23.7 Å². The molecule has 1 heterocycles. The summed E-state index contributed by atoms with van der Waals surface area (Å²) in [5, 5.41) is 3.03. The molecule has 0 aliphatic carbocycles. The molecular weight excluding hydrogens is 176 g/mol. The molecule has 1 aliphatic rings. The Balaban J connectivity index is 2.21. The topological polar surface area (TPSA) is 32.3 Å². The minimum absolute atomic E-state index is 0.106. The molecule has 3 heteroatoms. The summed E-state index contributed by atoms with van der Waals surface area (Å²) in [6.07, 6.45) is 4.25. The molecule has 1 rings (SSSR count). The van der Waals surface area contributed by atoms with E-state index in [1.165, 1.54) is 0 Å². The van der Waals surface area contributed by atoms with Crippen LogP contribution in [-0.4, -0.2) is 36.5 Å². The van der Waals surface area contributed by atoms with Gasteiger partial charge >= 0.3 is 0 Å². The van der Waals surface area contributed by atoms with E-state index in [9.17, 15) is 4.79 Å². The molecule has 1 aliphatic heterocycles. The van der Waals surface area contributed by atoms with Crippen LogP contribution in [0.4, 0.5) is 0 Å². The molecule has 0 aromatic rings. The van der Waals surface area contributed by atoms with Crippen LogP contribution in [0.25, 0.3) is 0 Å². The molecule has 0 unspecified atom stereocenters. The van der Waals surface area contributed by atoms with Gasteiger partial charge in [-0.15, -0.1) is 6.58 Å². The van der Waals surface area contributed by atoms with E-state index in [4.69, 9.17) is 0 Å². The highest BCUT2D eigenvalue weighted by atomic mass is 16.1. The summed E-state index contributed by atoms with van der Waals surface area (Å²) in [5.74, 6) is 0.106. The first-order valence-electron chi connectivity index (χ1n) is 5.39. The maximum Gasteiger partial charge on any atom is 0.224 e. The highest BCUT2D eigenvalue weighted by molar-refractivity contribution is 5.77. The van der Waals surface area contributed by atoms with Crippen molar-refractivity contribution >= 4 is 5.91 Å². The second-order valence-electron chi connectivity index (χ2n) is 3.77. The molecule has 1 amide bonds. The predicted molar refractivity (Wildman–Crippen MR) is 58.1 cm³/mol. The van der Waals surface area contributed by atoms with Crippen molar-refractivity contribution in [3.05, 3.63) is 12.7 Å². The molecule has 0 saturated carbocycles. The first-order chi connectivity index (χ1) is 6.76. The first-order valence-corrected chi connectivity index (χ1v) is 5.39. The Bertz CT molecular complexity index is 195. The monoisotopic (exact) mass is 196 g/mol. The van der Waals surface area contributed by atoms with Gasteiger partial charge in [0.1, 0.15) is 0 Å². The number of carbonyl (C=O) groups is 1. The Morgan fingerprint density at radius 2 is 2.21 bits per heavy atom. The third kappa shape index (κ3) is 3.50. The van der Waals surface area contributed by atoms with E-state index in [0.29, 0.717) is 12.5 Å².